The second kappa shape index (κ2) is 4.36. The van der Waals surface area contributed by atoms with E-state index >= 15 is 0 Å². The molecular weight excluding hydrogens is 238 g/mol. The van der Waals surface area contributed by atoms with E-state index < -0.39 is 0 Å². The van der Waals surface area contributed by atoms with Gasteiger partial charge in [0.1, 0.15) is 5.82 Å². The summed E-state index contributed by atoms with van der Waals surface area (Å²) in [5, 5.41) is 7.01. The lowest BCUT2D eigenvalue weighted by Gasteiger charge is -2.39. The number of aromatic amines is 1. The Morgan fingerprint density at radius 2 is 2.21 bits per heavy atom. The summed E-state index contributed by atoms with van der Waals surface area (Å²) in [5.74, 6) is 1.13. The standard InChI is InChI=1S/C14H17N5/c1-3-10-11(15-5-1)9-13(18-10)19-8-7-17-14-12(19)4-2-6-16-14/h1,3-5,9,14,16-18H,2,6-8H2. The molecule has 5 heteroatoms. The number of hydrogen-bond acceptors (Lipinski definition) is 4. The molecule has 4 rings (SSSR count). The van der Waals surface area contributed by atoms with Gasteiger partial charge < -0.3 is 9.88 Å². The highest BCUT2D eigenvalue weighted by atomic mass is 15.3. The first-order valence-electron chi connectivity index (χ1n) is 6.80. The van der Waals surface area contributed by atoms with Crippen molar-refractivity contribution in [2.45, 2.75) is 12.6 Å². The molecule has 0 saturated carbocycles. The van der Waals surface area contributed by atoms with Gasteiger partial charge in [0.15, 0.2) is 0 Å². The summed E-state index contributed by atoms with van der Waals surface area (Å²) in [7, 11) is 0. The van der Waals surface area contributed by atoms with Crippen molar-refractivity contribution in [2.24, 2.45) is 0 Å². The van der Waals surface area contributed by atoms with E-state index in [1.54, 1.807) is 0 Å². The van der Waals surface area contributed by atoms with Gasteiger partial charge in [0.05, 0.1) is 17.2 Å². The zero-order valence-electron chi connectivity index (χ0n) is 10.7. The monoisotopic (exact) mass is 255 g/mol. The normalized spacial score (nSPS) is 23.3. The third-order valence-electron chi connectivity index (χ3n) is 3.80. The number of nitrogens with zero attached hydrogens (tertiary/aromatic N) is 2. The molecule has 1 saturated heterocycles. The fraction of sp³-hybridized carbons (Fsp3) is 0.357. The first kappa shape index (κ1) is 11.0. The molecule has 0 spiro atoms. The van der Waals surface area contributed by atoms with E-state index in [-0.39, 0.29) is 6.17 Å². The largest absolute Gasteiger partial charge is 0.340 e. The Hall–Kier alpha value is -1.85. The van der Waals surface area contributed by atoms with Gasteiger partial charge in [0.25, 0.3) is 0 Å². The maximum absolute atomic E-state index is 4.39. The molecule has 1 unspecified atom stereocenters. The molecule has 2 aliphatic rings. The molecule has 1 fully saturated rings. The number of nitrogens with one attached hydrogen (secondary N) is 3. The number of hydrogen-bond donors (Lipinski definition) is 3. The summed E-state index contributed by atoms with van der Waals surface area (Å²) in [6.07, 6.45) is 5.53. The molecule has 0 bridgehead atoms. The van der Waals surface area contributed by atoms with E-state index in [1.807, 2.05) is 12.3 Å². The highest BCUT2D eigenvalue weighted by molar-refractivity contribution is 5.80. The summed E-state index contributed by atoms with van der Waals surface area (Å²) in [6, 6.07) is 6.16. The smallest absolute Gasteiger partial charge is 0.112 e. The number of piperazine rings is 1. The first-order chi connectivity index (χ1) is 9.42. The zero-order valence-corrected chi connectivity index (χ0v) is 10.7. The molecule has 0 aromatic carbocycles. The number of rotatable bonds is 1. The van der Waals surface area contributed by atoms with Crippen molar-refractivity contribution in [3.63, 3.8) is 0 Å². The van der Waals surface area contributed by atoms with Gasteiger partial charge in [-0.1, -0.05) is 6.08 Å². The van der Waals surface area contributed by atoms with Crippen LogP contribution in [-0.2, 0) is 0 Å². The summed E-state index contributed by atoms with van der Waals surface area (Å²) < 4.78 is 0. The molecule has 0 amide bonds. The Labute approximate surface area is 111 Å². The maximum Gasteiger partial charge on any atom is 0.112 e. The van der Waals surface area contributed by atoms with Crippen LogP contribution < -0.4 is 15.5 Å². The lowest BCUT2D eigenvalue weighted by molar-refractivity contribution is 0.421. The number of H-pyrrole nitrogens is 1. The van der Waals surface area contributed by atoms with Crippen molar-refractivity contribution in [2.75, 3.05) is 24.5 Å². The maximum atomic E-state index is 4.39. The average Bonchev–Trinajstić information content (AvgIpc) is 2.90. The van der Waals surface area contributed by atoms with Crippen molar-refractivity contribution in [1.82, 2.24) is 20.6 Å². The Balaban J connectivity index is 1.75. The zero-order chi connectivity index (χ0) is 12.7. The summed E-state index contributed by atoms with van der Waals surface area (Å²) in [6.45, 7) is 3.01. The van der Waals surface area contributed by atoms with Crippen molar-refractivity contribution < 1.29 is 0 Å². The second-order valence-corrected chi connectivity index (χ2v) is 5.00. The fourth-order valence-electron chi connectivity index (χ4n) is 2.91. The van der Waals surface area contributed by atoms with E-state index in [0.717, 1.165) is 42.9 Å². The van der Waals surface area contributed by atoms with Crippen LogP contribution in [0.15, 0.2) is 36.2 Å². The third-order valence-corrected chi connectivity index (χ3v) is 3.80. The van der Waals surface area contributed by atoms with Gasteiger partial charge in [-0.05, 0) is 18.6 Å². The second-order valence-electron chi connectivity index (χ2n) is 5.00. The molecule has 98 valence electrons. The predicted molar refractivity (Wildman–Crippen MR) is 75.9 cm³/mol. The molecule has 4 heterocycles. The van der Waals surface area contributed by atoms with Crippen molar-refractivity contribution in [1.29, 1.82) is 0 Å². The van der Waals surface area contributed by atoms with E-state index in [1.165, 1.54) is 5.70 Å². The molecule has 2 aromatic heterocycles. The number of aromatic nitrogens is 2. The Morgan fingerprint density at radius 1 is 1.26 bits per heavy atom. The average molecular weight is 255 g/mol. The minimum Gasteiger partial charge on any atom is -0.340 e. The number of pyridine rings is 1. The highest BCUT2D eigenvalue weighted by Crippen LogP contribution is 2.26. The van der Waals surface area contributed by atoms with E-state index in [9.17, 15) is 0 Å². The lowest BCUT2D eigenvalue weighted by Crippen LogP contribution is -2.57. The molecule has 1 atom stereocenters. The van der Waals surface area contributed by atoms with E-state index in [4.69, 9.17) is 0 Å². The minimum atomic E-state index is 0.280. The van der Waals surface area contributed by atoms with Crippen molar-refractivity contribution in [3.05, 3.63) is 36.2 Å². The molecular formula is C14H17N5. The topological polar surface area (TPSA) is 56.0 Å². The van der Waals surface area contributed by atoms with Gasteiger partial charge in [0.2, 0.25) is 0 Å². The predicted octanol–water partition coefficient (Wildman–Crippen LogP) is 1.18. The minimum absolute atomic E-state index is 0.280. The summed E-state index contributed by atoms with van der Waals surface area (Å²) in [4.78, 5) is 10.2. The van der Waals surface area contributed by atoms with E-state index in [0.29, 0.717) is 0 Å². The van der Waals surface area contributed by atoms with E-state index in [2.05, 4.69) is 43.7 Å². The quantitative estimate of drug-likeness (QED) is 0.716. The van der Waals surface area contributed by atoms with Gasteiger partial charge in [-0.3, -0.25) is 15.6 Å². The fourth-order valence-corrected chi connectivity index (χ4v) is 2.91. The molecule has 19 heavy (non-hydrogen) atoms. The van der Waals surface area contributed by atoms with Gasteiger partial charge in [0, 0.05) is 37.6 Å². The van der Waals surface area contributed by atoms with Crippen LogP contribution in [0.5, 0.6) is 0 Å². The Kier molecular flexibility index (Phi) is 2.53. The van der Waals surface area contributed by atoms with Crippen LogP contribution in [0.2, 0.25) is 0 Å². The first-order valence-corrected chi connectivity index (χ1v) is 6.80. The van der Waals surface area contributed by atoms with Crippen LogP contribution in [0.4, 0.5) is 5.82 Å². The molecule has 0 radical (unpaired) electrons. The van der Waals surface area contributed by atoms with Gasteiger partial charge in [-0.2, -0.15) is 0 Å². The molecule has 5 nitrogen and oxygen atoms in total. The lowest BCUT2D eigenvalue weighted by atomic mass is 10.1. The van der Waals surface area contributed by atoms with Crippen LogP contribution in [0.1, 0.15) is 6.42 Å². The van der Waals surface area contributed by atoms with Crippen LogP contribution in [-0.4, -0.2) is 35.8 Å². The third kappa shape index (κ3) is 1.82. The van der Waals surface area contributed by atoms with Crippen molar-refractivity contribution >= 4 is 16.9 Å². The SMILES string of the molecule is C1=C2C(NCC1)NCCN2c1cc2ncccc2[nH]1. The van der Waals surface area contributed by atoms with Crippen LogP contribution >= 0.6 is 0 Å². The Bertz CT molecular complexity index is 597. The molecule has 3 N–H and O–H groups in total. The van der Waals surface area contributed by atoms with Crippen LogP contribution in [0.3, 0.4) is 0 Å². The molecule has 2 aromatic rings. The van der Waals surface area contributed by atoms with Gasteiger partial charge in [-0.25, -0.2) is 0 Å². The highest BCUT2D eigenvalue weighted by Gasteiger charge is 2.27. The van der Waals surface area contributed by atoms with Crippen molar-refractivity contribution in [3.8, 4) is 0 Å². The molecule has 0 aliphatic carbocycles. The van der Waals surface area contributed by atoms with Crippen LogP contribution in [0.25, 0.3) is 11.0 Å². The summed E-state index contributed by atoms with van der Waals surface area (Å²) in [5.41, 5.74) is 3.44. The number of fused-ring (bicyclic) bond motifs is 2. The van der Waals surface area contributed by atoms with Gasteiger partial charge >= 0.3 is 0 Å². The summed E-state index contributed by atoms with van der Waals surface area (Å²) >= 11 is 0. The molecule has 2 aliphatic heterocycles. The van der Waals surface area contributed by atoms with Crippen LogP contribution in [0, 0.1) is 0 Å². The Morgan fingerprint density at radius 3 is 3.16 bits per heavy atom. The van der Waals surface area contributed by atoms with Gasteiger partial charge in [-0.15, -0.1) is 0 Å². The number of anilines is 1.